The molecule has 9 heteroatoms. The predicted octanol–water partition coefficient (Wildman–Crippen LogP) is 8.56. The van der Waals surface area contributed by atoms with E-state index in [1.807, 2.05) is 60.7 Å². The second-order valence-corrected chi connectivity index (χ2v) is 14.9. The lowest BCUT2D eigenvalue weighted by atomic mass is 9.53. The number of ether oxygens (including phenoxy) is 1. The van der Waals surface area contributed by atoms with Crippen LogP contribution < -0.4 is 5.32 Å². The first kappa shape index (κ1) is 30.5. The van der Waals surface area contributed by atoms with Crippen LogP contribution in [0.15, 0.2) is 91.1 Å². The number of nitrogens with one attached hydrogen (secondary N) is 1. The van der Waals surface area contributed by atoms with Crippen LogP contribution in [0.5, 0.6) is 0 Å². The molecule has 240 valence electrons. The molecule has 4 aliphatic rings. The van der Waals surface area contributed by atoms with E-state index in [1.165, 1.54) is 6.07 Å². The summed E-state index contributed by atoms with van der Waals surface area (Å²) in [4.78, 5) is 36.6. The number of nitrogens with zero attached hydrogens (tertiary/aromatic N) is 2. The number of pyridine rings is 1. The van der Waals surface area contributed by atoms with E-state index in [2.05, 4.69) is 29.0 Å². The standard InChI is InChI=1S/C38H34Cl2FN3O3/c1-36(2)16-18-37(19-17-36)38(25-21-42-28(40)20-27(25)43-35(38)46)29(24-14-9-15-26(39)30(24)41)32-34(45)47-33(23-12-7-4-8-13-23)31(44(32)37)22-10-5-3-6-11-22/h3-15,20-21,29,31-33H,16-19H2,1-2H3,(H,43,46)/t29-,31+,32+,33-,38-/m0/s1. The molecule has 1 amide bonds. The van der Waals surface area contributed by atoms with E-state index in [0.717, 1.165) is 24.0 Å². The fraction of sp³-hybridized carbons (Fsp3) is 0.342. The minimum atomic E-state index is -1.43. The van der Waals surface area contributed by atoms with E-state index in [4.69, 9.17) is 27.9 Å². The molecule has 47 heavy (non-hydrogen) atoms. The second kappa shape index (κ2) is 10.9. The number of esters is 1. The van der Waals surface area contributed by atoms with Crippen molar-refractivity contribution in [2.75, 3.05) is 5.32 Å². The number of hydrogen-bond donors (Lipinski definition) is 1. The highest BCUT2D eigenvalue weighted by molar-refractivity contribution is 6.31. The van der Waals surface area contributed by atoms with Gasteiger partial charge in [-0.3, -0.25) is 14.5 Å². The van der Waals surface area contributed by atoms with Gasteiger partial charge in [0.1, 0.15) is 28.5 Å². The lowest BCUT2D eigenvalue weighted by Crippen LogP contribution is -2.64. The van der Waals surface area contributed by atoms with Crippen LogP contribution in [-0.4, -0.2) is 33.3 Å². The number of amides is 1. The molecule has 1 saturated carbocycles. The number of carbonyl (C=O) groups excluding carboxylic acids is 2. The number of cyclic esters (lactones) is 1. The molecule has 6 nitrogen and oxygen atoms in total. The molecule has 2 spiro atoms. The van der Waals surface area contributed by atoms with Crippen LogP contribution in [0.4, 0.5) is 10.1 Å². The fourth-order valence-electron chi connectivity index (χ4n) is 9.25. The van der Waals surface area contributed by atoms with Crippen molar-refractivity contribution in [3.8, 4) is 0 Å². The van der Waals surface area contributed by atoms with Crippen molar-refractivity contribution in [3.63, 3.8) is 0 Å². The number of hydrogen-bond acceptors (Lipinski definition) is 5. The maximum absolute atomic E-state index is 16.5. The van der Waals surface area contributed by atoms with Gasteiger partial charge in [0.2, 0.25) is 5.91 Å². The molecule has 4 heterocycles. The van der Waals surface area contributed by atoms with Crippen LogP contribution in [0, 0.1) is 11.2 Å². The van der Waals surface area contributed by atoms with Gasteiger partial charge in [-0.15, -0.1) is 0 Å². The van der Waals surface area contributed by atoms with Crippen LogP contribution in [0.3, 0.4) is 0 Å². The highest BCUT2D eigenvalue weighted by Crippen LogP contribution is 2.71. The SMILES string of the molecule is CC1(C)CCC2(CC1)N1[C@H](c3ccccc3)[C@H](c3ccccc3)OC(=O)[C@H]1[C@H](c1cccc(Cl)c1F)[C@@]21C(=O)Nc2cc(Cl)ncc21. The summed E-state index contributed by atoms with van der Waals surface area (Å²) in [5, 5.41) is 3.27. The Balaban J connectivity index is 1.49. The molecule has 4 aromatic rings. The van der Waals surface area contributed by atoms with E-state index in [9.17, 15) is 4.79 Å². The molecule has 0 radical (unpaired) electrons. The molecule has 1 aliphatic carbocycles. The first-order chi connectivity index (χ1) is 22.6. The molecule has 3 aliphatic heterocycles. The van der Waals surface area contributed by atoms with Crippen LogP contribution in [0.1, 0.15) is 79.8 Å². The van der Waals surface area contributed by atoms with Crippen LogP contribution in [-0.2, 0) is 19.7 Å². The van der Waals surface area contributed by atoms with Gasteiger partial charge in [-0.2, -0.15) is 0 Å². The van der Waals surface area contributed by atoms with Crippen molar-refractivity contribution in [1.82, 2.24) is 9.88 Å². The smallest absolute Gasteiger partial charge is 0.324 e. The lowest BCUT2D eigenvalue weighted by Gasteiger charge is -2.57. The summed E-state index contributed by atoms with van der Waals surface area (Å²) in [6, 6.07) is 24.7. The number of benzene rings is 3. The summed E-state index contributed by atoms with van der Waals surface area (Å²) in [6.45, 7) is 4.48. The molecule has 3 aromatic carbocycles. The maximum atomic E-state index is 16.5. The van der Waals surface area contributed by atoms with Gasteiger partial charge in [0.05, 0.1) is 11.1 Å². The quantitative estimate of drug-likeness (QED) is 0.175. The largest absolute Gasteiger partial charge is 0.454 e. The van der Waals surface area contributed by atoms with Gasteiger partial charge in [-0.05, 0) is 59.9 Å². The van der Waals surface area contributed by atoms with Crippen LogP contribution >= 0.6 is 23.2 Å². The minimum absolute atomic E-state index is 0.00510. The zero-order valence-corrected chi connectivity index (χ0v) is 27.6. The third-order valence-electron chi connectivity index (χ3n) is 11.3. The molecule has 2 saturated heterocycles. The Labute approximate surface area is 283 Å². The van der Waals surface area contributed by atoms with Gasteiger partial charge >= 0.3 is 5.97 Å². The highest BCUT2D eigenvalue weighted by atomic mass is 35.5. The molecule has 8 rings (SSSR count). The van der Waals surface area contributed by atoms with Gasteiger partial charge in [0.15, 0.2) is 0 Å². The number of carbonyl (C=O) groups is 2. The summed E-state index contributed by atoms with van der Waals surface area (Å²) in [6.07, 6.45) is 3.72. The number of anilines is 1. The summed E-state index contributed by atoms with van der Waals surface area (Å²) in [7, 11) is 0. The lowest BCUT2D eigenvalue weighted by molar-refractivity contribution is -0.184. The molecule has 0 unspecified atom stereocenters. The van der Waals surface area contributed by atoms with Crippen LogP contribution in [0.2, 0.25) is 10.2 Å². The van der Waals surface area contributed by atoms with Crippen molar-refractivity contribution < 1.29 is 18.7 Å². The topological polar surface area (TPSA) is 71.5 Å². The van der Waals surface area contributed by atoms with E-state index in [1.54, 1.807) is 24.4 Å². The Hall–Kier alpha value is -3.78. The first-order valence-electron chi connectivity index (χ1n) is 16.1. The number of aromatic nitrogens is 1. The fourth-order valence-corrected chi connectivity index (χ4v) is 9.59. The number of rotatable bonds is 3. The molecule has 1 aromatic heterocycles. The summed E-state index contributed by atoms with van der Waals surface area (Å²) in [5.41, 5.74) is 0.753. The first-order valence-corrected chi connectivity index (χ1v) is 16.8. The maximum Gasteiger partial charge on any atom is 0.324 e. The third-order valence-corrected chi connectivity index (χ3v) is 11.8. The van der Waals surface area contributed by atoms with E-state index >= 15 is 9.18 Å². The summed E-state index contributed by atoms with van der Waals surface area (Å²) < 4.78 is 23.0. The Morgan fingerprint density at radius 2 is 1.53 bits per heavy atom. The minimum Gasteiger partial charge on any atom is -0.454 e. The van der Waals surface area contributed by atoms with Crippen molar-refractivity contribution in [2.24, 2.45) is 5.41 Å². The molecular formula is C38H34Cl2FN3O3. The van der Waals surface area contributed by atoms with Gasteiger partial charge in [0.25, 0.3) is 0 Å². The number of fused-ring (bicyclic) bond motifs is 5. The predicted molar refractivity (Wildman–Crippen MR) is 179 cm³/mol. The van der Waals surface area contributed by atoms with Gasteiger partial charge in [0, 0.05) is 28.9 Å². The summed E-state index contributed by atoms with van der Waals surface area (Å²) >= 11 is 12.9. The van der Waals surface area contributed by atoms with Gasteiger partial charge < -0.3 is 10.1 Å². The van der Waals surface area contributed by atoms with Crippen molar-refractivity contribution in [2.45, 2.75) is 74.6 Å². The third kappa shape index (κ3) is 4.29. The summed E-state index contributed by atoms with van der Waals surface area (Å²) in [5.74, 6) is -2.43. The average Bonchev–Trinajstić information content (AvgIpc) is 3.50. The molecule has 5 atom stereocenters. The van der Waals surface area contributed by atoms with E-state index in [-0.39, 0.29) is 27.1 Å². The Bertz CT molecular complexity index is 1900. The molecule has 3 fully saturated rings. The molecule has 0 bridgehead atoms. The number of halogens is 3. The second-order valence-electron chi connectivity index (χ2n) is 14.1. The average molecular weight is 671 g/mol. The number of morpholine rings is 1. The van der Waals surface area contributed by atoms with Crippen molar-refractivity contribution in [3.05, 3.63) is 129 Å². The Morgan fingerprint density at radius 3 is 2.21 bits per heavy atom. The molecular weight excluding hydrogens is 636 g/mol. The normalized spacial score (nSPS) is 29.0. The highest BCUT2D eigenvalue weighted by Gasteiger charge is 2.78. The zero-order valence-electron chi connectivity index (χ0n) is 26.1. The van der Waals surface area contributed by atoms with E-state index in [0.29, 0.717) is 24.1 Å². The zero-order chi connectivity index (χ0) is 32.7. The Kier molecular flexibility index (Phi) is 7.07. The van der Waals surface area contributed by atoms with Gasteiger partial charge in [-0.25, -0.2) is 9.37 Å². The van der Waals surface area contributed by atoms with Gasteiger partial charge in [-0.1, -0.05) is 110 Å². The molecule has 1 N–H and O–H groups in total. The van der Waals surface area contributed by atoms with Crippen molar-refractivity contribution >= 4 is 40.8 Å². The Morgan fingerprint density at radius 1 is 0.872 bits per heavy atom. The van der Waals surface area contributed by atoms with Crippen LogP contribution in [0.25, 0.3) is 0 Å². The van der Waals surface area contributed by atoms with E-state index < -0.39 is 46.8 Å². The van der Waals surface area contributed by atoms with Crippen molar-refractivity contribution in [1.29, 1.82) is 0 Å². The monoisotopic (exact) mass is 669 g/mol.